The molecule has 0 saturated heterocycles. The maximum atomic E-state index is 4.43. The molecule has 0 bridgehead atoms. The molecular formula is C16H23N3S. The third-order valence-electron chi connectivity index (χ3n) is 3.10. The van der Waals surface area contributed by atoms with Gasteiger partial charge in [-0.25, -0.2) is 0 Å². The molecule has 4 heteroatoms. The molecule has 0 aliphatic rings. The molecule has 0 aliphatic heterocycles. The van der Waals surface area contributed by atoms with Gasteiger partial charge in [-0.05, 0) is 47.0 Å². The van der Waals surface area contributed by atoms with Gasteiger partial charge in [-0.1, -0.05) is 13.8 Å². The summed E-state index contributed by atoms with van der Waals surface area (Å²) in [7, 11) is 2.12. The molecule has 2 heterocycles. The lowest BCUT2D eigenvalue weighted by Crippen LogP contribution is -2.20. The van der Waals surface area contributed by atoms with E-state index in [2.05, 4.69) is 65.1 Å². The van der Waals surface area contributed by atoms with Gasteiger partial charge in [0.05, 0.1) is 5.69 Å². The van der Waals surface area contributed by atoms with Crippen LogP contribution in [0.3, 0.4) is 0 Å². The van der Waals surface area contributed by atoms with E-state index in [1.54, 1.807) is 11.3 Å². The lowest BCUT2D eigenvalue weighted by molar-refractivity contribution is 0.548. The van der Waals surface area contributed by atoms with Crippen molar-refractivity contribution in [2.45, 2.75) is 26.9 Å². The molecule has 0 saturated carbocycles. The van der Waals surface area contributed by atoms with Gasteiger partial charge in [0.15, 0.2) is 0 Å². The number of thiophene rings is 1. The first-order valence-corrected chi connectivity index (χ1v) is 7.97. The Labute approximate surface area is 125 Å². The van der Waals surface area contributed by atoms with Crippen LogP contribution in [0.5, 0.6) is 0 Å². The summed E-state index contributed by atoms with van der Waals surface area (Å²) in [5.41, 5.74) is 3.67. The van der Waals surface area contributed by atoms with E-state index in [0.717, 1.165) is 25.3 Å². The number of pyridine rings is 1. The second-order valence-corrected chi connectivity index (χ2v) is 6.30. The molecule has 0 aliphatic carbocycles. The van der Waals surface area contributed by atoms with Gasteiger partial charge in [-0.15, -0.1) is 0 Å². The normalized spacial score (nSPS) is 11.0. The third-order valence-corrected chi connectivity index (χ3v) is 3.83. The Morgan fingerprint density at radius 2 is 2.20 bits per heavy atom. The molecule has 0 spiro atoms. The number of nitrogens with one attached hydrogen (secondary N) is 1. The quantitative estimate of drug-likeness (QED) is 0.845. The Hall–Kier alpha value is -1.39. The zero-order valence-corrected chi connectivity index (χ0v) is 13.3. The zero-order chi connectivity index (χ0) is 14.4. The highest BCUT2D eigenvalue weighted by Crippen LogP contribution is 2.17. The maximum Gasteiger partial charge on any atom is 0.0562 e. The lowest BCUT2D eigenvalue weighted by atomic mass is 10.2. The number of rotatable bonds is 7. The maximum absolute atomic E-state index is 4.43. The highest BCUT2D eigenvalue weighted by Gasteiger charge is 2.04. The number of hydrogen-bond donors (Lipinski definition) is 1. The molecule has 0 radical (unpaired) electrons. The Morgan fingerprint density at radius 1 is 1.35 bits per heavy atom. The van der Waals surface area contributed by atoms with Crippen LogP contribution in [0.1, 0.15) is 25.1 Å². The fourth-order valence-corrected chi connectivity index (χ4v) is 2.70. The minimum Gasteiger partial charge on any atom is -0.370 e. The highest BCUT2D eigenvalue weighted by atomic mass is 32.1. The van der Waals surface area contributed by atoms with Gasteiger partial charge in [0.2, 0.25) is 0 Å². The molecule has 2 rings (SSSR count). The van der Waals surface area contributed by atoms with E-state index in [9.17, 15) is 0 Å². The molecule has 0 unspecified atom stereocenters. The summed E-state index contributed by atoms with van der Waals surface area (Å²) in [6, 6.07) is 6.41. The second-order valence-electron chi connectivity index (χ2n) is 5.52. The van der Waals surface area contributed by atoms with E-state index < -0.39 is 0 Å². The van der Waals surface area contributed by atoms with E-state index in [-0.39, 0.29) is 0 Å². The van der Waals surface area contributed by atoms with Crippen molar-refractivity contribution in [3.63, 3.8) is 0 Å². The van der Waals surface area contributed by atoms with Crippen molar-refractivity contribution >= 4 is 17.0 Å². The van der Waals surface area contributed by atoms with Crippen LogP contribution < -0.4 is 10.2 Å². The molecule has 3 nitrogen and oxygen atoms in total. The predicted octanol–water partition coefficient (Wildman–Crippen LogP) is 3.53. The van der Waals surface area contributed by atoms with E-state index in [0.29, 0.717) is 5.92 Å². The van der Waals surface area contributed by atoms with Crippen LogP contribution in [0.25, 0.3) is 0 Å². The van der Waals surface area contributed by atoms with Gasteiger partial charge in [0.1, 0.15) is 0 Å². The summed E-state index contributed by atoms with van der Waals surface area (Å²) >= 11 is 1.74. The van der Waals surface area contributed by atoms with Crippen LogP contribution >= 0.6 is 11.3 Å². The van der Waals surface area contributed by atoms with Crippen molar-refractivity contribution in [1.29, 1.82) is 0 Å². The summed E-state index contributed by atoms with van der Waals surface area (Å²) in [5, 5.41) is 7.75. The molecule has 2 aromatic heterocycles. The van der Waals surface area contributed by atoms with Crippen molar-refractivity contribution in [3.05, 3.63) is 46.4 Å². The average molecular weight is 289 g/mol. The molecule has 0 amide bonds. The first-order chi connectivity index (χ1) is 9.65. The number of anilines is 1. The number of aromatic nitrogens is 1. The lowest BCUT2D eigenvalue weighted by Gasteiger charge is -2.19. The van der Waals surface area contributed by atoms with Crippen molar-refractivity contribution < 1.29 is 0 Å². The molecular weight excluding hydrogens is 266 g/mol. The number of hydrogen-bond acceptors (Lipinski definition) is 4. The van der Waals surface area contributed by atoms with Crippen molar-refractivity contribution in [2.75, 3.05) is 18.5 Å². The molecule has 0 aromatic carbocycles. The Kier molecular flexibility index (Phi) is 5.56. The minimum absolute atomic E-state index is 0.666. The van der Waals surface area contributed by atoms with Gasteiger partial charge in [0.25, 0.3) is 0 Å². The standard InChI is InChI=1S/C16H23N3S/c1-13(2)9-17-10-15-8-16(4-6-18-15)19(3)11-14-5-7-20-12-14/h4-8,12-13,17H,9-11H2,1-3H3. The minimum atomic E-state index is 0.666. The summed E-state index contributed by atoms with van der Waals surface area (Å²) in [6.45, 7) is 7.22. The van der Waals surface area contributed by atoms with Crippen LogP contribution in [0.2, 0.25) is 0 Å². The third kappa shape index (κ3) is 4.62. The van der Waals surface area contributed by atoms with E-state index >= 15 is 0 Å². The van der Waals surface area contributed by atoms with Gasteiger partial charge >= 0.3 is 0 Å². The molecule has 20 heavy (non-hydrogen) atoms. The summed E-state index contributed by atoms with van der Waals surface area (Å²) in [4.78, 5) is 6.69. The Morgan fingerprint density at radius 3 is 2.90 bits per heavy atom. The molecule has 108 valence electrons. The SMILES string of the molecule is CC(C)CNCc1cc(N(C)Cc2ccsc2)ccn1. The van der Waals surface area contributed by atoms with Crippen molar-refractivity contribution in [1.82, 2.24) is 10.3 Å². The molecule has 0 atom stereocenters. The predicted molar refractivity (Wildman–Crippen MR) is 87.2 cm³/mol. The van der Waals surface area contributed by atoms with Crippen molar-refractivity contribution in [3.8, 4) is 0 Å². The van der Waals surface area contributed by atoms with Crippen LogP contribution in [0.15, 0.2) is 35.2 Å². The Balaban J connectivity index is 1.94. The molecule has 2 aromatic rings. The second kappa shape index (κ2) is 7.41. The summed E-state index contributed by atoms with van der Waals surface area (Å²) in [6.07, 6.45) is 1.89. The summed E-state index contributed by atoms with van der Waals surface area (Å²) < 4.78 is 0. The topological polar surface area (TPSA) is 28.2 Å². The fraction of sp³-hybridized carbons (Fsp3) is 0.438. The average Bonchev–Trinajstić information content (AvgIpc) is 2.91. The Bertz CT molecular complexity index is 508. The highest BCUT2D eigenvalue weighted by molar-refractivity contribution is 7.07. The first-order valence-electron chi connectivity index (χ1n) is 7.03. The fourth-order valence-electron chi connectivity index (χ4n) is 2.04. The zero-order valence-electron chi connectivity index (χ0n) is 12.5. The van der Waals surface area contributed by atoms with Gasteiger partial charge in [-0.2, -0.15) is 11.3 Å². The first kappa shape index (κ1) is 15.0. The van der Waals surface area contributed by atoms with Gasteiger partial charge in [0, 0.05) is 32.0 Å². The van der Waals surface area contributed by atoms with E-state index in [4.69, 9.17) is 0 Å². The largest absolute Gasteiger partial charge is 0.370 e. The van der Waals surface area contributed by atoms with E-state index in [1.165, 1.54) is 11.3 Å². The van der Waals surface area contributed by atoms with E-state index in [1.807, 2.05) is 6.20 Å². The summed E-state index contributed by atoms with van der Waals surface area (Å²) in [5.74, 6) is 0.666. The van der Waals surface area contributed by atoms with Gasteiger partial charge < -0.3 is 10.2 Å². The number of nitrogens with zero attached hydrogens (tertiary/aromatic N) is 2. The van der Waals surface area contributed by atoms with Crippen LogP contribution in [0.4, 0.5) is 5.69 Å². The smallest absolute Gasteiger partial charge is 0.0562 e. The molecule has 1 N–H and O–H groups in total. The van der Waals surface area contributed by atoms with Crippen LogP contribution in [0, 0.1) is 5.92 Å². The van der Waals surface area contributed by atoms with Gasteiger partial charge in [-0.3, -0.25) is 4.98 Å². The van der Waals surface area contributed by atoms with Crippen LogP contribution in [-0.2, 0) is 13.1 Å². The van der Waals surface area contributed by atoms with Crippen LogP contribution in [-0.4, -0.2) is 18.6 Å². The van der Waals surface area contributed by atoms with Crippen molar-refractivity contribution in [2.24, 2.45) is 5.92 Å². The monoisotopic (exact) mass is 289 g/mol. The molecule has 0 fully saturated rings.